The van der Waals surface area contributed by atoms with Crippen molar-refractivity contribution in [2.75, 3.05) is 44.0 Å². The number of hydrogen-bond donors (Lipinski definition) is 1. The van der Waals surface area contributed by atoms with Crippen LogP contribution in [0.5, 0.6) is 11.5 Å². The molecule has 8 heteroatoms. The van der Waals surface area contributed by atoms with E-state index < -0.39 is 0 Å². The molecule has 0 unspecified atom stereocenters. The van der Waals surface area contributed by atoms with Crippen LogP contribution < -0.4 is 14.8 Å². The van der Waals surface area contributed by atoms with Crippen LogP contribution in [0.3, 0.4) is 0 Å². The van der Waals surface area contributed by atoms with Crippen LogP contribution in [0, 0.1) is 0 Å². The third-order valence-corrected chi connectivity index (χ3v) is 7.27. The van der Waals surface area contributed by atoms with Crippen molar-refractivity contribution in [3.05, 3.63) is 89.5 Å². The molecule has 36 heavy (non-hydrogen) atoms. The van der Waals surface area contributed by atoms with Gasteiger partial charge in [-0.25, -0.2) is 0 Å². The molecule has 7 nitrogen and oxygen atoms in total. The Morgan fingerprint density at radius 3 is 2.33 bits per heavy atom. The molecule has 0 aromatic heterocycles. The minimum Gasteiger partial charge on any atom is -0.454 e. The predicted octanol–water partition coefficient (Wildman–Crippen LogP) is 4.25. The van der Waals surface area contributed by atoms with Crippen LogP contribution in [0.15, 0.2) is 72.8 Å². The Balaban J connectivity index is 1.05. The largest absolute Gasteiger partial charge is 0.454 e. The lowest BCUT2D eigenvalue weighted by Crippen LogP contribution is -2.48. The molecule has 2 amide bonds. The maximum atomic E-state index is 13.0. The van der Waals surface area contributed by atoms with Gasteiger partial charge in [0, 0.05) is 49.7 Å². The van der Waals surface area contributed by atoms with Gasteiger partial charge in [-0.1, -0.05) is 36.4 Å². The first-order valence-corrected chi connectivity index (χ1v) is 13.2. The molecule has 1 fully saturated rings. The van der Waals surface area contributed by atoms with Gasteiger partial charge in [0.15, 0.2) is 11.5 Å². The molecule has 0 bridgehead atoms. The van der Waals surface area contributed by atoms with Crippen molar-refractivity contribution in [3.63, 3.8) is 0 Å². The van der Waals surface area contributed by atoms with Gasteiger partial charge in [0.1, 0.15) is 0 Å². The lowest BCUT2D eigenvalue weighted by Gasteiger charge is -2.34. The molecule has 0 spiro atoms. The fourth-order valence-electron chi connectivity index (χ4n) is 4.31. The van der Waals surface area contributed by atoms with Crippen LogP contribution in [-0.2, 0) is 17.1 Å². The number of benzene rings is 3. The number of ether oxygens (including phenoxy) is 2. The molecule has 5 rings (SSSR count). The third kappa shape index (κ3) is 6.19. The van der Waals surface area contributed by atoms with Crippen molar-refractivity contribution in [3.8, 4) is 11.5 Å². The summed E-state index contributed by atoms with van der Waals surface area (Å²) in [6.07, 6.45) is 0. The lowest BCUT2D eigenvalue weighted by molar-refractivity contribution is -0.113. The number of amides is 2. The Labute approximate surface area is 215 Å². The van der Waals surface area contributed by atoms with E-state index in [4.69, 9.17) is 9.47 Å². The van der Waals surface area contributed by atoms with Crippen LogP contribution in [0.4, 0.5) is 5.69 Å². The lowest BCUT2D eigenvalue weighted by atomic mass is 10.1. The minimum absolute atomic E-state index is 0.0179. The highest BCUT2D eigenvalue weighted by Crippen LogP contribution is 2.32. The monoisotopic (exact) mass is 503 g/mol. The molecule has 3 aromatic carbocycles. The molecule has 1 saturated heterocycles. The Kier molecular flexibility index (Phi) is 7.73. The molecule has 2 heterocycles. The van der Waals surface area contributed by atoms with E-state index in [1.165, 1.54) is 5.56 Å². The normalized spacial score (nSPS) is 15.1. The highest BCUT2D eigenvalue weighted by Gasteiger charge is 2.23. The van der Waals surface area contributed by atoms with Gasteiger partial charge in [-0.3, -0.25) is 14.5 Å². The molecule has 0 radical (unpaired) electrons. The molecular formula is C28H29N3O4S. The number of para-hydroxylation sites is 1. The van der Waals surface area contributed by atoms with Crippen LogP contribution in [0.25, 0.3) is 0 Å². The van der Waals surface area contributed by atoms with Gasteiger partial charge in [0.2, 0.25) is 12.7 Å². The van der Waals surface area contributed by atoms with E-state index in [1.54, 1.807) is 11.8 Å². The SMILES string of the molecule is O=C(CSCc1ccc(C(=O)N2CCN(Cc3ccc4c(c3)OCO4)CC2)cc1)Nc1ccccc1. The minimum atomic E-state index is -0.0179. The molecule has 3 aromatic rings. The highest BCUT2D eigenvalue weighted by molar-refractivity contribution is 7.99. The number of nitrogens with one attached hydrogen (secondary N) is 1. The molecule has 0 atom stereocenters. The second-order valence-corrected chi connectivity index (χ2v) is 9.85. The molecular weight excluding hydrogens is 474 g/mol. The second-order valence-electron chi connectivity index (χ2n) is 8.86. The smallest absolute Gasteiger partial charge is 0.253 e. The van der Waals surface area contributed by atoms with Crippen LogP contribution in [0.2, 0.25) is 0 Å². The molecule has 2 aliphatic rings. The molecule has 0 saturated carbocycles. The molecule has 0 aliphatic carbocycles. The second kappa shape index (κ2) is 11.5. The van der Waals surface area contributed by atoms with Crippen molar-refractivity contribution in [1.29, 1.82) is 0 Å². The van der Waals surface area contributed by atoms with E-state index >= 15 is 0 Å². The van der Waals surface area contributed by atoms with Crippen molar-refractivity contribution in [1.82, 2.24) is 9.80 Å². The zero-order chi connectivity index (χ0) is 24.7. The van der Waals surface area contributed by atoms with E-state index in [1.807, 2.05) is 71.6 Å². The van der Waals surface area contributed by atoms with Gasteiger partial charge in [-0.2, -0.15) is 0 Å². The zero-order valence-corrected chi connectivity index (χ0v) is 20.8. The Morgan fingerprint density at radius 2 is 1.56 bits per heavy atom. The highest BCUT2D eigenvalue weighted by atomic mass is 32.2. The summed E-state index contributed by atoms with van der Waals surface area (Å²) in [7, 11) is 0. The van der Waals surface area contributed by atoms with E-state index in [0.29, 0.717) is 24.4 Å². The van der Waals surface area contributed by atoms with Gasteiger partial charge in [0.25, 0.3) is 5.91 Å². The van der Waals surface area contributed by atoms with Gasteiger partial charge in [-0.15, -0.1) is 11.8 Å². The Hall–Kier alpha value is -3.49. The standard InChI is InChI=1S/C28H29N3O4S/c32-27(29-24-4-2-1-3-5-24)19-36-18-21-6-9-23(10-7-21)28(33)31-14-12-30(13-15-31)17-22-8-11-25-26(16-22)35-20-34-25/h1-11,16H,12-15,17-20H2,(H,29,32). The van der Waals surface area contributed by atoms with Crippen LogP contribution >= 0.6 is 11.8 Å². The number of anilines is 1. The van der Waals surface area contributed by atoms with E-state index in [0.717, 1.165) is 48.1 Å². The average Bonchev–Trinajstić information content (AvgIpc) is 3.38. The van der Waals surface area contributed by atoms with Gasteiger partial charge >= 0.3 is 0 Å². The molecule has 186 valence electrons. The van der Waals surface area contributed by atoms with E-state index in [2.05, 4.69) is 16.3 Å². The summed E-state index contributed by atoms with van der Waals surface area (Å²) in [5.74, 6) is 2.75. The fraction of sp³-hybridized carbons (Fsp3) is 0.286. The van der Waals surface area contributed by atoms with E-state index in [-0.39, 0.29) is 18.6 Å². The number of thioether (sulfide) groups is 1. The number of rotatable bonds is 8. The third-order valence-electron chi connectivity index (χ3n) is 6.26. The van der Waals surface area contributed by atoms with Crippen LogP contribution in [0.1, 0.15) is 21.5 Å². The van der Waals surface area contributed by atoms with E-state index in [9.17, 15) is 9.59 Å². The molecule has 1 N–H and O–H groups in total. The maximum Gasteiger partial charge on any atom is 0.253 e. The number of carbonyl (C=O) groups excluding carboxylic acids is 2. The first-order chi connectivity index (χ1) is 17.6. The molecule has 2 aliphatic heterocycles. The Morgan fingerprint density at radius 1 is 0.833 bits per heavy atom. The first kappa shape index (κ1) is 24.2. The summed E-state index contributed by atoms with van der Waals surface area (Å²) in [6, 6.07) is 23.3. The summed E-state index contributed by atoms with van der Waals surface area (Å²) in [6.45, 7) is 4.19. The van der Waals surface area contributed by atoms with Gasteiger partial charge in [-0.05, 0) is 47.5 Å². The summed E-state index contributed by atoms with van der Waals surface area (Å²) >= 11 is 1.56. The summed E-state index contributed by atoms with van der Waals surface area (Å²) in [5, 5.41) is 2.89. The van der Waals surface area contributed by atoms with Crippen LogP contribution in [-0.4, -0.2) is 60.3 Å². The predicted molar refractivity (Wildman–Crippen MR) is 141 cm³/mol. The maximum absolute atomic E-state index is 13.0. The number of carbonyl (C=O) groups is 2. The first-order valence-electron chi connectivity index (χ1n) is 12.1. The summed E-state index contributed by atoms with van der Waals surface area (Å²) in [5.41, 5.74) is 3.79. The van der Waals surface area contributed by atoms with Crippen molar-refractivity contribution < 1.29 is 19.1 Å². The zero-order valence-electron chi connectivity index (χ0n) is 20.0. The summed E-state index contributed by atoms with van der Waals surface area (Å²) in [4.78, 5) is 29.4. The van der Waals surface area contributed by atoms with Crippen molar-refractivity contribution in [2.45, 2.75) is 12.3 Å². The van der Waals surface area contributed by atoms with Crippen molar-refractivity contribution >= 4 is 29.3 Å². The number of hydrogen-bond acceptors (Lipinski definition) is 6. The van der Waals surface area contributed by atoms with Gasteiger partial charge in [0.05, 0.1) is 5.75 Å². The average molecular weight is 504 g/mol. The Bertz CT molecular complexity index is 1200. The van der Waals surface area contributed by atoms with Crippen molar-refractivity contribution in [2.24, 2.45) is 0 Å². The quantitative estimate of drug-likeness (QED) is 0.496. The number of nitrogens with zero attached hydrogens (tertiary/aromatic N) is 2. The van der Waals surface area contributed by atoms with Gasteiger partial charge < -0.3 is 19.7 Å². The summed E-state index contributed by atoms with van der Waals surface area (Å²) < 4.78 is 10.9. The number of piperazine rings is 1. The topological polar surface area (TPSA) is 71.1 Å². The fourth-order valence-corrected chi connectivity index (χ4v) is 5.10. The number of fused-ring (bicyclic) bond motifs is 1.